The first kappa shape index (κ1) is 10.7. The summed E-state index contributed by atoms with van der Waals surface area (Å²) < 4.78 is 6.18. The van der Waals surface area contributed by atoms with Gasteiger partial charge in [0.15, 0.2) is 0 Å². The van der Waals surface area contributed by atoms with Crippen LogP contribution in [-0.4, -0.2) is 26.7 Å². The molecule has 0 bridgehead atoms. The molecule has 0 fully saturated rings. The molecular weight excluding hydrogens is 208 g/mol. The molecule has 0 aromatic carbocycles. The third kappa shape index (κ3) is 1.91. The summed E-state index contributed by atoms with van der Waals surface area (Å²) in [4.78, 5) is 20.0. The van der Waals surface area contributed by atoms with Crippen molar-refractivity contribution >= 4 is 5.78 Å². The Hall–Kier alpha value is -1.85. The molecule has 2 heterocycles. The van der Waals surface area contributed by atoms with Crippen molar-refractivity contribution in [2.24, 2.45) is 5.92 Å². The second-order valence-corrected chi connectivity index (χ2v) is 4.05. The quantitative estimate of drug-likeness (QED) is 0.826. The van der Waals surface area contributed by atoms with Crippen LogP contribution in [0.4, 0.5) is 0 Å². The predicted molar refractivity (Wildman–Crippen MR) is 58.7 cm³/mol. The number of hydrogen-bond acceptors (Lipinski definition) is 4. The van der Waals surface area contributed by atoms with Crippen LogP contribution in [0, 0.1) is 5.92 Å². The number of nitrogens with zero attached hydrogens (tertiary/aromatic N) is 3. The van der Waals surface area contributed by atoms with Gasteiger partial charge >= 0.3 is 6.01 Å². The van der Waals surface area contributed by atoms with Crippen molar-refractivity contribution in [3.63, 3.8) is 0 Å². The first-order valence-electron chi connectivity index (χ1n) is 5.13. The van der Waals surface area contributed by atoms with Crippen LogP contribution in [-0.2, 0) is 6.42 Å². The molecule has 16 heavy (non-hydrogen) atoms. The molecule has 0 radical (unpaired) electrons. The molecule has 0 aliphatic carbocycles. The Morgan fingerprint density at radius 2 is 2.25 bits per heavy atom. The molecule has 0 saturated carbocycles. The highest BCUT2D eigenvalue weighted by atomic mass is 16.5. The Kier molecular flexibility index (Phi) is 2.64. The van der Waals surface area contributed by atoms with Gasteiger partial charge in [0.25, 0.3) is 11.3 Å². The van der Waals surface area contributed by atoms with E-state index in [4.69, 9.17) is 4.74 Å². The lowest BCUT2D eigenvalue weighted by Gasteiger charge is -2.02. The highest BCUT2D eigenvalue weighted by molar-refractivity contribution is 5.29. The number of fused-ring (bicyclic) bond motifs is 1. The van der Waals surface area contributed by atoms with Gasteiger partial charge < -0.3 is 4.74 Å². The molecule has 0 aliphatic rings. The molecule has 2 aromatic rings. The molecule has 6 nitrogen and oxygen atoms in total. The third-order valence-electron chi connectivity index (χ3n) is 2.17. The maximum atomic E-state index is 11.7. The average Bonchev–Trinajstić information content (AvgIpc) is 2.60. The van der Waals surface area contributed by atoms with Crippen LogP contribution < -0.4 is 10.3 Å². The molecular formula is C10H14N4O2. The summed E-state index contributed by atoms with van der Waals surface area (Å²) in [6, 6.07) is 1.80. The Morgan fingerprint density at radius 3 is 2.88 bits per heavy atom. The topological polar surface area (TPSA) is 72.3 Å². The number of hydrogen-bond donors (Lipinski definition) is 1. The number of rotatable bonds is 3. The molecule has 1 N–H and O–H groups in total. The van der Waals surface area contributed by atoms with Gasteiger partial charge in [-0.05, 0) is 12.3 Å². The standard InChI is InChI=1S/C10H14N4O2/c1-6(2)4-7-5-8(15)14-9(11-7)12-10(13-14)16-3/h5-6H,4H2,1-3H3,(H,11,12,13). The maximum absolute atomic E-state index is 11.7. The van der Waals surface area contributed by atoms with Crippen LogP contribution in [0.2, 0.25) is 0 Å². The van der Waals surface area contributed by atoms with E-state index >= 15 is 0 Å². The summed E-state index contributed by atoms with van der Waals surface area (Å²) in [5.74, 6) is 0.801. The van der Waals surface area contributed by atoms with Crippen LogP contribution in [0.1, 0.15) is 19.5 Å². The van der Waals surface area contributed by atoms with Crippen molar-refractivity contribution in [1.29, 1.82) is 0 Å². The fraction of sp³-hybridized carbons (Fsp3) is 0.500. The van der Waals surface area contributed by atoms with Crippen LogP contribution in [0.15, 0.2) is 10.9 Å². The number of nitrogens with one attached hydrogen (secondary N) is 1. The van der Waals surface area contributed by atoms with E-state index in [9.17, 15) is 4.79 Å². The number of H-pyrrole nitrogens is 1. The zero-order valence-electron chi connectivity index (χ0n) is 9.52. The van der Waals surface area contributed by atoms with E-state index in [1.165, 1.54) is 17.7 Å². The van der Waals surface area contributed by atoms with Crippen molar-refractivity contribution in [3.8, 4) is 6.01 Å². The zero-order chi connectivity index (χ0) is 11.7. The van der Waals surface area contributed by atoms with Crippen LogP contribution >= 0.6 is 0 Å². The first-order chi connectivity index (χ1) is 7.60. The molecule has 0 amide bonds. The summed E-state index contributed by atoms with van der Waals surface area (Å²) in [7, 11) is 1.48. The highest BCUT2D eigenvalue weighted by Gasteiger charge is 2.08. The molecule has 6 heteroatoms. The van der Waals surface area contributed by atoms with Crippen molar-refractivity contribution in [2.75, 3.05) is 7.11 Å². The number of aromatic nitrogens is 4. The summed E-state index contributed by atoms with van der Waals surface area (Å²) in [5, 5.41) is 2.70. The van der Waals surface area contributed by atoms with Gasteiger partial charge in [0.2, 0.25) is 0 Å². The number of aromatic amines is 1. The second-order valence-electron chi connectivity index (χ2n) is 4.05. The predicted octanol–water partition coefficient (Wildman–Crippen LogP) is 0.625. The molecule has 0 spiro atoms. The lowest BCUT2D eigenvalue weighted by molar-refractivity contribution is 0.380. The number of ether oxygens (including phenoxy) is 1. The summed E-state index contributed by atoms with van der Waals surface area (Å²) in [5.41, 5.74) is 0.589. The second kappa shape index (κ2) is 3.96. The largest absolute Gasteiger partial charge is 0.467 e. The Morgan fingerprint density at radius 1 is 1.50 bits per heavy atom. The smallest absolute Gasteiger partial charge is 0.312 e. The van der Waals surface area contributed by atoms with Crippen molar-refractivity contribution in [1.82, 2.24) is 19.6 Å². The van der Waals surface area contributed by atoms with Crippen LogP contribution in [0.25, 0.3) is 5.78 Å². The van der Waals surface area contributed by atoms with Gasteiger partial charge in [-0.3, -0.25) is 4.79 Å². The van der Waals surface area contributed by atoms with Gasteiger partial charge in [-0.25, -0.2) is 10.1 Å². The summed E-state index contributed by atoms with van der Waals surface area (Å²) in [6.45, 7) is 4.16. The Balaban J connectivity index is 2.53. The fourth-order valence-electron chi connectivity index (χ4n) is 1.52. The van der Waals surface area contributed by atoms with Crippen molar-refractivity contribution in [2.45, 2.75) is 20.3 Å². The van der Waals surface area contributed by atoms with E-state index in [0.717, 1.165) is 12.1 Å². The van der Waals surface area contributed by atoms with Crippen molar-refractivity contribution in [3.05, 3.63) is 22.1 Å². The highest BCUT2D eigenvalue weighted by Crippen LogP contribution is 2.06. The van der Waals surface area contributed by atoms with Gasteiger partial charge in [-0.1, -0.05) is 13.8 Å². The molecule has 0 unspecified atom stereocenters. The van der Waals surface area contributed by atoms with Gasteiger partial charge in [-0.2, -0.15) is 9.50 Å². The van der Waals surface area contributed by atoms with Crippen molar-refractivity contribution < 1.29 is 4.74 Å². The van der Waals surface area contributed by atoms with Gasteiger partial charge in [0.05, 0.1) is 12.8 Å². The lowest BCUT2D eigenvalue weighted by atomic mass is 10.1. The van der Waals surface area contributed by atoms with E-state index in [1.807, 2.05) is 0 Å². The molecule has 0 atom stereocenters. The van der Waals surface area contributed by atoms with E-state index in [2.05, 4.69) is 28.9 Å². The van der Waals surface area contributed by atoms with Crippen LogP contribution in [0.3, 0.4) is 0 Å². The summed E-state index contributed by atoms with van der Waals surface area (Å²) in [6.07, 6.45) is 0.765. The van der Waals surface area contributed by atoms with Gasteiger partial charge in [0, 0.05) is 6.07 Å². The molecule has 2 rings (SSSR count). The Bertz CT molecular complexity index is 555. The minimum Gasteiger partial charge on any atom is -0.467 e. The molecule has 86 valence electrons. The maximum Gasteiger partial charge on any atom is 0.312 e. The van der Waals surface area contributed by atoms with Gasteiger partial charge in [-0.15, -0.1) is 0 Å². The lowest BCUT2D eigenvalue weighted by Crippen LogP contribution is -2.16. The fourth-order valence-corrected chi connectivity index (χ4v) is 1.52. The molecule has 2 aromatic heterocycles. The van der Waals surface area contributed by atoms with E-state index < -0.39 is 0 Å². The first-order valence-corrected chi connectivity index (χ1v) is 5.13. The third-order valence-corrected chi connectivity index (χ3v) is 2.17. The van der Waals surface area contributed by atoms with E-state index in [0.29, 0.717) is 11.7 Å². The minimum absolute atomic E-state index is 0.170. The van der Waals surface area contributed by atoms with Gasteiger partial charge in [0.1, 0.15) is 0 Å². The molecule has 0 saturated heterocycles. The van der Waals surface area contributed by atoms with E-state index in [1.54, 1.807) is 0 Å². The SMILES string of the molecule is COc1nc2nc(CC(C)C)cc(=O)n2[nH]1. The monoisotopic (exact) mass is 222 g/mol. The minimum atomic E-state index is -0.170. The summed E-state index contributed by atoms with van der Waals surface area (Å²) >= 11 is 0. The normalized spacial score (nSPS) is 11.2. The Labute approximate surface area is 92.3 Å². The van der Waals surface area contributed by atoms with E-state index in [-0.39, 0.29) is 11.6 Å². The molecule has 0 aliphatic heterocycles. The number of methoxy groups -OCH3 is 1. The zero-order valence-corrected chi connectivity index (χ0v) is 9.52. The average molecular weight is 222 g/mol. The van der Waals surface area contributed by atoms with Crippen LogP contribution in [0.5, 0.6) is 6.01 Å².